The maximum atomic E-state index is 13.8. The molecular weight excluding hydrogens is 400 g/mol. The predicted molar refractivity (Wildman–Crippen MR) is 125 cm³/mol. The highest BCUT2D eigenvalue weighted by atomic mass is 16.5. The number of pyridine rings is 3. The number of rotatable bonds is 7. The molecule has 0 unspecified atom stereocenters. The molecule has 0 aliphatic carbocycles. The Balaban J connectivity index is 1.78. The Bertz CT molecular complexity index is 1230. The van der Waals surface area contributed by atoms with Crippen LogP contribution in [0.1, 0.15) is 28.5 Å². The smallest absolute Gasteiger partial charge is 0.273 e. The van der Waals surface area contributed by atoms with E-state index in [1.54, 1.807) is 31.9 Å². The molecule has 32 heavy (non-hydrogen) atoms. The Morgan fingerprint density at radius 1 is 1.06 bits per heavy atom. The minimum atomic E-state index is -0.134. The van der Waals surface area contributed by atoms with Gasteiger partial charge in [0.2, 0.25) is 0 Å². The largest absolute Gasteiger partial charge is 0.383 e. The number of hydrogen-bond donors (Lipinski definition) is 0. The van der Waals surface area contributed by atoms with E-state index in [4.69, 9.17) is 9.72 Å². The molecule has 1 atom stereocenters. The average molecular weight is 427 g/mol. The van der Waals surface area contributed by atoms with Gasteiger partial charge >= 0.3 is 0 Å². The molecule has 0 saturated carbocycles. The van der Waals surface area contributed by atoms with Crippen molar-refractivity contribution in [2.75, 3.05) is 13.7 Å². The molecule has 0 aliphatic heterocycles. The number of aromatic nitrogens is 3. The number of fused-ring (bicyclic) bond motifs is 1. The van der Waals surface area contributed by atoms with Crippen LogP contribution in [0.5, 0.6) is 0 Å². The van der Waals surface area contributed by atoms with E-state index in [-0.39, 0.29) is 11.9 Å². The second-order valence-electron chi connectivity index (χ2n) is 7.91. The molecule has 6 heteroatoms. The summed E-state index contributed by atoms with van der Waals surface area (Å²) in [5, 5.41) is 0.894. The summed E-state index contributed by atoms with van der Waals surface area (Å²) < 4.78 is 5.37. The summed E-state index contributed by atoms with van der Waals surface area (Å²) in [6.07, 6.45) is 6.96. The Labute approximate surface area is 187 Å². The van der Waals surface area contributed by atoms with Gasteiger partial charge in [0.05, 0.1) is 18.2 Å². The van der Waals surface area contributed by atoms with Crippen LogP contribution in [0.15, 0.2) is 73.3 Å². The molecule has 3 heterocycles. The summed E-state index contributed by atoms with van der Waals surface area (Å²) in [5.74, 6) is -0.134. The van der Waals surface area contributed by atoms with E-state index in [0.717, 1.165) is 33.2 Å². The molecule has 1 amide bonds. The lowest BCUT2D eigenvalue weighted by Crippen LogP contribution is -2.41. The normalized spacial score (nSPS) is 12.0. The van der Waals surface area contributed by atoms with Crippen molar-refractivity contribution in [2.24, 2.45) is 0 Å². The van der Waals surface area contributed by atoms with Gasteiger partial charge in [0.15, 0.2) is 0 Å². The third-order valence-electron chi connectivity index (χ3n) is 5.46. The number of carbonyl (C=O) groups excluding carboxylic acids is 1. The van der Waals surface area contributed by atoms with Crippen LogP contribution in [-0.4, -0.2) is 45.5 Å². The summed E-state index contributed by atoms with van der Waals surface area (Å²) in [7, 11) is 1.65. The maximum Gasteiger partial charge on any atom is 0.273 e. The van der Waals surface area contributed by atoms with Crippen LogP contribution in [0, 0.1) is 6.92 Å². The van der Waals surface area contributed by atoms with Crippen LogP contribution >= 0.6 is 0 Å². The van der Waals surface area contributed by atoms with E-state index in [9.17, 15) is 4.79 Å². The fraction of sp³-hybridized carbons (Fsp3) is 0.231. The summed E-state index contributed by atoms with van der Waals surface area (Å²) in [6, 6.07) is 15.6. The number of nitrogens with zero attached hydrogens (tertiary/aromatic N) is 4. The molecule has 162 valence electrons. The Morgan fingerprint density at radius 2 is 1.84 bits per heavy atom. The topological polar surface area (TPSA) is 68.2 Å². The van der Waals surface area contributed by atoms with E-state index >= 15 is 0 Å². The summed E-state index contributed by atoms with van der Waals surface area (Å²) >= 11 is 0. The van der Waals surface area contributed by atoms with Crippen LogP contribution in [0.3, 0.4) is 0 Å². The number of amides is 1. The van der Waals surface area contributed by atoms with E-state index in [0.29, 0.717) is 18.8 Å². The van der Waals surface area contributed by atoms with Crippen molar-refractivity contribution in [3.8, 4) is 11.1 Å². The van der Waals surface area contributed by atoms with Crippen LogP contribution in [0.2, 0.25) is 0 Å². The van der Waals surface area contributed by atoms with Gasteiger partial charge in [-0.05, 0) is 54.8 Å². The zero-order chi connectivity index (χ0) is 22.5. The van der Waals surface area contributed by atoms with E-state index < -0.39 is 0 Å². The summed E-state index contributed by atoms with van der Waals surface area (Å²) in [4.78, 5) is 28.6. The molecule has 4 rings (SSSR count). The first-order valence-electron chi connectivity index (χ1n) is 10.6. The van der Waals surface area contributed by atoms with Crippen molar-refractivity contribution >= 4 is 16.8 Å². The number of aryl methyl sites for hydroxylation is 1. The van der Waals surface area contributed by atoms with Crippen molar-refractivity contribution in [3.05, 3.63) is 90.1 Å². The fourth-order valence-electron chi connectivity index (χ4n) is 3.86. The zero-order valence-corrected chi connectivity index (χ0v) is 18.5. The second-order valence-corrected chi connectivity index (χ2v) is 7.91. The molecule has 3 aromatic heterocycles. The molecule has 1 aromatic carbocycles. The van der Waals surface area contributed by atoms with Crippen LogP contribution in [0.25, 0.3) is 22.0 Å². The molecule has 0 aliphatic rings. The van der Waals surface area contributed by atoms with Gasteiger partial charge in [0.1, 0.15) is 5.69 Å². The first-order chi connectivity index (χ1) is 15.6. The summed E-state index contributed by atoms with van der Waals surface area (Å²) in [5.41, 5.74) is 5.22. The van der Waals surface area contributed by atoms with Gasteiger partial charge in [-0.25, -0.2) is 4.98 Å². The highest BCUT2D eigenvalue weighted by Crippen LogP contribution is 2.28. The first kappa shape index (κ1) is 21.6. The standard InChI is InChI=1S/C26H26N4O2/c1-18-5-4-6-20(13-18)16-30(19(2)17-32-3)26(31)25-14-22(21-7-10-27-11-8-21)23-15-28-12-9-24(23)29-25/h4-15,19H,16-17H2,1-3H3/t19-/m1/s1. The van der Waals surface area contributed by atoms with Crippen molar-refractivity contribution in [1.29, 1.82) is 0 Å². The third-order valence-corrected chi connectivity index (χ3v) is 5.46. The molecule has 0 bridgehead atoms. The minimum absolute atomic E-state index is 0.118. The van der Waals surface area contributed by atoms with E-state index in [1.807, 2.05) is 61.2 Å². The van der Waals surface area contributed by atoms with Gasteiger partial charge < -0.3 is 9.64 Å². The molecule has 0 radical (unpaired) electrons. The van der Waals surface area contributed by atoms with Crippen molar-refractivity contribution in [1.82, 2.24) is 19.9 Å². The molecule has 0 spiro atoms. The predicted octanol–water partition coefficient (Wildman–Crippen LogP) is 4.68. The van der Waals surface area contributed by atoms with Crippen molar-refractivity contribution < 1.29 is 9.53 Å². The van der Waals surface area contributed by atoms with Crippen LogP contribution in [0.4, 0.5) is 0 Å². The molecule has 0 saturated heterocycles. The lowest BCUT2D eigenvalue weighted by Gasteiger charge is -2.29. The number of carbonyl (C=O) groups is 1. The lowest BCUT2D eigenvalue weighted by molar-refractivity contribution is 0.0537. The van der Waals surface area contributed by atoms with Gasteiger partial charge in [-0.3, -0.25) is 14.8 Å². The van der Waals surface area contributed by atoms with Crippen molar-refractivity contribution in [3.63, 3.8) is 0 Å². The quantitative estimate of drug-likeness (QED) is 0.429. The Kier molecular flexibility index (Phi) is 6.52. The maximum absolute atomic E-state index is 13.8. The number of methoxy groups -OCH3 is 1. The van der Waals surface area contributed by atoms with E-state index in [2.05, 4.69) is 16.0 Å². The number of hydrogen-bond acceptors (Lipinski definition) is 5. The lowest BCUT2D eigenvalue weighted by atomic mass is 10.0. The second kappa shape index (κ2) is 9.66. The SMILES string of the molecule is COC[C@@H](C)N(Cc1cccc(C)c1)C(=O)c1cc(-c2ccncc2)c2cnccc2n1. The molecular formula is C26H26N4O2. The summed E-state index contributed by atoms with van der Waals surface area (Å²) in [6.45, 7) is 4.96. The average Bonchev–Trinajstić information content (AvgIpc) is 2.82. The number of ether oxygens (including phenoxy) is 1. The van der Waals surface area contributed by atoms with Crippen LogP contribution in [-0.2, 0) is 11.3 Å². The number of benzene rings is 1. The van der Waals surface area contributed by atoms with Gasteiger partial charge in [-0.15, -0.1) is 0 Å². The molecule has 0 fully saturated rings. The van der Waals surface area contributed by atoms with Crippen LogP contribution < -0.4 is 0 Å². The molecule has 6 nitrogen and oxygen atoms in total. The highest BCUT2D eigenvalue weighted by molar-refractivity contribution is 6.01. The Hall–Kier alpha value is -3.64. The van der Waals surface area contributed by atoms with Gasteiger partial charge in [0, 0.05) is 43.8 Å². The fourth-order valence-corrected chi connectivity index (χ4v) is 3.86. The minimum Gasteiger partial charge on any atom is -0.383 e. The van der Waals surface area contributed by atoms with Gasteiger partial charge in [0.25, 0.3) is 5.91 Å². The zero-order valence-electron chi connectivity index (χ0n) is 18.5. The molecule has 4 aromatic rings. The monoisotopic (exact) mass is 426 g/mol. The molecule has 0 N–H and O–H groups in total. The first-order valence-corrected chi connectivity index (χ1v) is 10.6. The van der Waals surface area contributed by atoms with Crippen molar-refractivity contribution in [2.45, 2.75) is 26.4 Å². The van der Waals surface area contributed by atoms with E-state index in [1.165, 1.54) is 0 Å². The van der Waals surface area contributed by atoms with Gasteiger partial charge in [-0.1, -0.05) is 29.8 Å². The highest BCUT2D eigenvalue weighted by Gasteiger charge is 2.24. The Morgan fingerprint density at radius 3 is 2.59 bits per heavy atom. The third kappa shape index (κ3) is 4.65. The van der Waals surface area contributed by atoms with Gasteiger partial charge in [-0.2, -0.15) is 0 Å².